The smallest absolute Gasteiger partial charge is 0.257 e. The second-order valence-electron chi connectivity index (χ2n) is 8.93. The van der Waals surface area contributed by atoms with Crippen LogP contribution in [0.15, 0.2) is 48.5 Å². The molecule has 0 spiro atoms. The third kappa shape index (κ3) is 2.96. The molecule has 160 valence electrons. The molecule has 0 saturated carbocycles. The van der Waals surface area contributed by atoms with Gasteiger partial charge < -0.3 is 9.80 Å². The zero-order valence-corrected chi connectivity index (χ0v) is 18.0. The molecule has 0 aromatic heterocycles. The molecule has 1 saturated heterocycles. The minimum atomic E-state index is -0.721. The number of aryl methyl sites for hydroxylation is 1. The normalized spacial score (nSPS) is 24.1. The molecule has 5 rings (SSSR count). The molecule has 0 radical (unpaired) electrons. The number of benzene rings is 2. The van der Waals surface area contributed by atoms with Gasteiger partial charge in [-0.25, -0.2) is 0 Å². The van der Waals surface area contributed by atoms with Gasteiger partial charge in [0.05, 0.1) is 17.3 Å². The molecule has 6 heteroatoms. The molecule has 2 aromatic rings. The lowest BCUT2D eigenvalue weighted by molar-refractivity contribution is -0.132. The van der Waals surface area contributed by atoms with Gasteiger partial charge >= 0.3 is 0 Å². The lowest BCUT2D eigenvalue weighted by Crippen LogP contribution is -2.62. The van der Waals surface area contributed by atoms with Crippen molar-refractivity contribution in [2.75, 3.05) is 18.5 Å². The van der Waals surface area contributed by atoms with Crippen LogP contribution in [-0.4, -0.2) is 46.8 Å². The number of hydrogen-bond acceptors (Lipinski definition) is 3. The fourth-order valence-corrected chi connectivity index (χ4v) is 5.54. The van der Waals surface area contributed by atoms with Crippen LogP contribution in [0.2, 0.25) is 0 Å². The van der Waals surface area contributed by atoms with Crippen molar-refractivity contribution in [2.24, 2.45) is 0 Å². The molecule has 31 heavy (non-hydrogen) atoms. The molecule has 2 unspecified atom stereocenters. The van der Waals surface area contributed by atoms with E-state index in [0.717, 1.165) is 12.8 Å². The van der Waals surface area contributed by atoms with E-state index in [9.17, 15) is 14.4 Å². The zero-order valence-electron chi connectivity index (χ0n) is 18.0. The Morgan fingerprint density at radius 2 is 1.84 bits per heavy atom. The zero-order chi connectivity index (χ0) is 21.8. The maximum atomic E-state index is 13.3. The second-order valence-corrected chi connectivity index (χ2v) is 8.93. The predicted molar refractivity (Wildman–Crippen MR) is 117 cm³/mol. The summed E-state index contributed by atoms with van der Waals surface area (Å²) in [6.07, 6.45) is 3.13. The Labute approximate surface area is 182 Å². The highest BCUT2D eigenvalue weighted by molar-refractivity contribution is 6.10. The van der Waals surface area contributed by atoms with E-state index in [1.807, 2.05) is 49.2 Å². The topological polar surface area (TPSA) is 60.9 Å². The average molecular weight is 418 g/mol. The van der Waals surface area contributed by atoms with Crippen LogP contribution in [0.5, 0.6) is 0 Å². The number of rotatable bonds is 4. The van der Waals surface area contributed by atoms with E-state index < -0.39 is 5.66 Å². The van der Waals surface area contributed by atoms with Gasteiger partial charge in [0, 0.05) is 26.4 Å². The van der Waals surface area contributed by atoms with Crippen LogP contribution in [0.4, 0.5) is 5.69 Å². The van der Waals surface area contributed by atoms with E-state index in [0.29, 0.717) is 30.6 Å². The molecule has 2 heterocycles. The number of hydrogen-bond donors (Lipinski definition) is 0. The molecule has 6 nitrogen and oxygen atoms in total. The number of fused-ring (bicyclic) bond motifs is 4. The quantitative estimate of drug-likeness (QED) is 0.765. The Morgan fingerprint density at radius 3 is 2.68 bits per heavy atom. The van der Waals surface area contributed by atoms with Gasteiger partial charge in [0.15, 0.2) is 0 Å². The molecule has 0 bridgehead atoms. The lowest BCUT2D eigenvalue weighted by atomic mass is 9.98. The first-order valence-corrected chi connectivity index (χ1v) is 11.0. The number of amides is 3. The van der Waals surface area contributed by atoms with Crippen LogP contribution in [0.1, 0.15) is 60.1 Å². The van der Waals surface area contributed by atoms with Crippen LogP contribution in [0.25, 0.3) is 0 Å². The maximum Gasteiger partial charge on any atom is 0.257 e. The van der Waals surface area contributed by atoms with Gasteiger partial charge in [0.2, 0.25) is 11.8 Å². The first kappa shape index (κ1) is 19.8. The van der Waals surface area contributed by atoms with Gasteiger partial charge in [-0.15, -0.1) is 0 Å². The Balaban J connectivity index is 1.36. The molecule has 2 aliphatic heterocycles. The summed E-state index contributed by atoms with van der Waals surface area (Å²) >= 11 is 0. The summed E-state index contributed by atoms with van der Waals surface area (Å²) in [5.74, 6) is -0.0583. The molecule has 2 atom stereocenters. The van der Waals surface area contributed by atoms with Crippen molar-refractivity contribution in [1.29, 1.82) is 0 Å². The van der Waals surface area contributed by atoms with Crippen LogP contribution < -0.4 is 4.90 Å². The average Bonchev–Trinajstić information content (AvgIpc) is 3.34. The highest BCUT2D eigenvalue weighted by Gasteiger charge is 2.52. The van der Waals surface area contributed by atoms with Gasteiger partial charge in [0.1, 0.15) is 5.66 Å². The summed E-state index contributed by atoms with van der Waals surface area (Å²) in [4.78, 5) is 44.4. The Bertz CT molecular complexity index is 1080. The third-order valence-electron chi connectivity index (χ3n) is 7.26. The SMILES string of the molecule is CN(C(=O)CCN1C(=O)c2ccccc2N2C(=O)CCC12C)C1CCc2ccccc21. The highest BCUT2D eigenvalue weighted by atomic mass is 16.2. The highest BCUT2D eigenvalue weighted by Crippen LogP contribution is 2.44. The standard InChI is InChI=1S/C25H27N3O3/c1-25-15-13-23(30)28(25)21-10-6-5-9-19(21)24(31)27(25)16-14-22(29)26(2)20-12-11-17-7-3-4-8-18(17)20/h3-10,20H,11-16H2,1-2H3. The summed E-state index contributed by atoms with van der Waals surface area (Å²) in [5.41, 5.74) is 3.02. The van der Waals surface area contributed by atoms with E-state index in [1.165, 1.54) is 11.1 Å². The van der Waals surface area contributed by atoms with Gasteiger partial charge in [-0.1, -0.05) is 36.4 Å². The van der Waals surface area contributed by atoms with Crippen molar-refractivity contribution in [3.63, 3.8) is 0 Å². The molecular formula is C25H27N3O3. The van der Waals surface area contributed by atoms with E-state index in [1.54, 1.807) is 15.9 Å². The van der Waals surface area contributed by atoms with Crippen molar-refractivity contribution in [3.05, 3.63) is 65.2 Å². The summed E-state index contributed by atoms with van der Waals surface area (Å²) in [5, 5.41) is 0. The number of anilines is 1. The fourth-order valence-electron chi connectivity index (χ4n) is 5.54. The molecule has 0 N–H and O–H groups in total. The van der Waals surface area contributed by atoms with Crippen LogP contribution in [-0.2, 0) is 16.0 Å². The van der Waals surface area contributed by atoms with Crippen molar-refractivity contribution >= 4 is 23.4 Å². The number of carbonyl (C=O) groups is 3. The predicted octanol–water partition coefficient (Wildman–Crippen LogP) is 3.52. The van der Waals surface area contributed by atoms with Crippen molar-refractivity contribution in [3.8, 4) is 0 Å². The lowest BCUT2D eigenvalue weighted by Gasteiger charge is -2.48. The van der Waals surface area contributed by atoms with Gasteiger partial charge in [0.25, 0.3) is 5.91 Å². The van der Waals surface area contributed by atoms with Crippen molar-refractivity contribution < 1.29 is 14.4 Å². The summed E-state index contributed by atoms with van der Waals surface area (Å²) < 4.78 is 0. The van der Waals surface area contributed by atoms with Crippen molar-refractivity contribution in [2.45, 2.75) is 50.7 Å². The summed E-state index contributed by atoms with van der Waals surface area (Å²) in [6.45, 7) is 2.23. The monoisotopic (exact) mass is 417 g/mol. The molecule has 1 aliphatic carbocycles. The molecule has 3 amide bonds. The van der Waals surface area contributed by atoms with Crippen molar-refractivity contribution in [1.82, 2.24) is 9.80 Å². The van der Waals surface area contributed by atoms with E-state index >= 15 is 0 Å². The van der Waals surface area contributed by atoms with E-state index in [4.69, 9.17) is 0 Å². The maximum absolute atomic E-state index is 13.3. The number of para-hydroxylation sites is 1. The molecule has 3 aliphatic rings. The fraction of sp³-hybridized carbons (Fsp3) is 0.400. The van der Waals surface area contributed by atoms with Gasteiger partial charge in [-0.05, 0) is 49.4 Å². The Kier molecular flexibility index (Phi) is 4.61. The van der Waals surface area contributed by atoms with Gasteiger partial charge in [-0.3, -0.25) is 19.3 Å². The minimum absolute atomic E-state index is 0.0211. The third-order valence-corrected chi connectivity index (χ3v) is 7.26. The Hall–Kier alpha value is -3.15. The second kappa shape index (κ2) is 7.22. The van der Waals surface area contributed by atoms with Crippen LogP contribution >= 0.6 is 0 Å². The first-order chi connectivity index (χ1) is 14.9. The van der Waals surface area contributed by atoms with Gasteiger partial charge in [-0.2, -0.15) is 0 Å². The van der Waals surface area contributed by atoms with Crippen LogP contribution in [0, 0.1) is 0 Å². The van der Waals surface area contributed by atoms with E-state index in [2.05, 4.69) is 12.1 Å². The minimum Gasteiger partial charge on any atom is -0.339 e. The summed E-state index contributed by atoms with van der Waals surface area (Å²) in [6, 6.07) is 15.6. The summed E-state index contributed by atoms with van der Waals surface area (Å²) in [7, 11) is 1.86. The largest absolute Gasteiger partial charge is 0.339 e. The number of carbonyl (C=O) groups excluding carboxylic acids is 3. The molecule has 1 fully saturated rings. The molecular weight excluding hydrogens is 390 g/mol. The van der Waals surface area contributed by atoms with Crippen LogP contribution in [0.3, 0.4) is 0 Å². The first-order valence-electron chi connectivity index (χ1n) is 11.0. The molecule has 2 aromatic carbocycles. The number of nitrogens with zero attached hydrogens (tertiary/aromatic N) is 3. The van der Waals surface area contributed by atoms with E-state index in [-0.39, 0.29) is 30.2 Å². The Morgan fingerprint density at radius 1 is 1.10 bits per heavy atom.